The van der Waals surface area contributed by atoms with Gasteiger partial charge in [0.1, 0.15) is 17.5 Å². The van der Waals surface area contributed by atoms with E-state index in [0.717, 1.165) is 16.7 Å². The highest BCUT2D eigenvalue weighted by Gasteiger charge is 2.30. The molecule has 3 aromatic rings. The Morgan fingerprint density at radius 2 is 1.58 bits per heavy atom. The molecule has 190 valence electrons. The lowest BCUT2D eigenvalue weighted by Crippen LogP contribution is -2.52. The van der Waals surface area contributed by atoms with Crippen LogP contribution in [-0.2, 0) is 22.6 Å². The summed E-state index contributed by atoms with van der Waals surface area (Å²) in [5.41, 5.74) is 2.95. The molecular formula is C30H36N2O4. The van der Waals surface area contributed by atoms with Crippen LogP contribution in [0.25, 0.3) is 0 Å². The minimum Gasteiger partial charge on any atom is -0.497 e. The number of hydrogen-bond acceptors (Lipinski definition) is 4. The molecule has 0 radical (unpaired) electrons. The first kappa shape index (κ1) is 26.8. The van der Waals surface area contributed by atoms with Gasteiger partial charge >= 0.3 is 0 Å². The Balaban J connectivity index is 1.90. The van der Waals surface area contributed by atoms with E-state index in [1.807, 2.05) is 99.6 Å². The maximum Gasteiger partial charge on any atom is 0.261 e. The van der Waals surface area contributed by atoms with E-state index >= 15 is 0 Å². The smallest absolute Gasteiger partial charge is 0.261 e. The van der Waals surface area contributed by atoms with E-state index in [-0.39, 0.29) is 25.0 Å². The Morgan fingerprint density at radius 3 is 2.25 bits per heavy atom. The fourth-order valence-corrected chi connectivity index (χ4v) is 3.81. The summed E-state index contributed by atoms with van der Waals surface area (Å²) < 4.78 is 11.2. The van der Waals surface area contributed by atoms with Crippen LogP contribution in [0.4, 0.5) is 0 Å². The summed E-state index contributed by atoms with van der Waals surface area (Å²) in [5, 5.41) is 3.03. The van der Waals surface area contributed by atoms with E-state index in [0.29, 0.717) is 30.4 Å². The Labute approximate surface area is 214 Å². The summed E-state index contributed by atoms with van der Waals surface area (Å²) in [6, 6.07) is 24.1. The number of aryl methyl sites for hydroxylation is 1. The summed E-state index contributed by atoms with van der Waals surface area (Å²) in [6.45, 7) is 6.69. The van der Waals surface area contributed by atoms with E-state index < -0.39 is 6.04 Å². The van der Waals surface area contributed by atoms with Crippen molar-refractivity contribution < 1.29 is 19.1 Å². The van der Waals surface area contributed by atoms with E-state index in [9.17, 15) is 9.59 Å². The normalized spacial score (nSPS) is 11.6. The molecule has 3 rings (SSSR count). The van der Waals surface area contributed by atoms with E-state index in [4.69, 9.17) is 9.47 Å². The first-order chi connectivity index (χ1) is 17.4. The van der Waals surface area contributed by atoms with Crippen molar-refractivity contribution in [2.24, 2.45) is 5.92 Å². The van der Waals surface area contributed by atoms with Crippen LogP contribution in [0, 0.1) is 12.8 Å². The molecule has 0 saturated carbocycles. The van der Waals surface area contributed by atoms with Crippen molar-refractivity contribution in [3.05, 3.63) is 95.6 Å². The Morgan fingerprint density at radius 1 is 0.889 bits per heavy atom. The third-order valence-electron chi connectivity index (χ3n) is 5.83. The van der Waals surface area contributed by atoms with E-state index in [1.54, 1.807) is 12.0 Å². The maximum absolute atomic E-state index is 13.6. The van der Waals surface area contributed by atoms with Gasteiger partial charge in [-0.15, -0.1) is 0 Å². The fraction of sp³-hybridized carbons (Fsp3) is 0.333. The molecule has 0 spiro atoms. The molecule has 0 bridgehead atoms. The zero-order valence-corrected chi connectivity index (χ0v) is 21.6. The lowest BCUT2D eigenvalue weighted by molar-refractivity contribution is -0.142. The second kappa shape index (κ2) is 13.3. The number of nitrogens with one attached hydrogen (secondary N) is 1. The van der Waals surface area contributed by atoms with Gasteiger partial charge in [-0.1, -0.05) is 74.0 Å². The van der Waals surface area contributed by atoms with Gasteiger partial charge in [0.25, 0.3) is 5.91 Å². The zero-order valence-electron chi connectivity index (χ0n) is 21.6. The van der Waals surface area contributed by atoms with Gasteiger partial charge in [0.05, 0.1) is 7.11 Å². The predicted molar refractivity (Wildman–Crippen MR) is 142 cm³/mol. The van der Waals surface area contributed by atoms with Gasteiger partial charge in [0.2, 0.25) is 5.91 Å². The Hall–Kier alpha value is -3.80. The van der Waals surface area contributed by atoms with Gasteiger partial charge in [-0.25, -0.2) is 0 Å². The summed E-state index contributed by atoms with van der Waals surface area (Å²) in [6.07, 6.45) is 0.394. The number of rotatable bonds is 12. The molecule has 0 heterocycles. The number of nitrogens with zero attached hydrogens (tertiary/aromatic N) is 1. The largest absolute Gasteiger partial charge is 0.497 e. The van der Waals surface area contributed by atoms with Crippen LogP contribution in [0.2, 0.25) is 0 Å². The van der Waals surface area contributed by atoms with Crippen LogP contribution in [0.15, 0.2) is 78.9 Å². The fourth-order valence-electron chi connectivity index (χ4n) is 3.81. The van der Waals surface area contributed by atoms with Crippen molar-refractivity contribution in [1.29, 1.82) is 0 Å². The molecule has 36 heavy (non-hydrogen) atoms. The molecule has 3 aromatic carbocycles. The van der Waals surface area contributed by atoms with Gasteiger partial charge < -0.3 is 19.7 Å². The maximum atomic E-state index is 13.6. The highest BCUT2D eigenvalue weighted by molar-refractivity contribution is 5.88. The number of hydrogen-bond donors (Lipinski definition) is 1. The van der Waals surface area contributed by atoms with Crippen LogP contribution in [-0.4, -0.2) is 43.0 Å². The molecule has 0 saturated heterocycles. The number of benzene rings is 3. The summed E-state index contributed by atoms with van der Waals surface area (Å²) in [4.78, 5) is 28.7. The van der Waals surface area contributed by atoms with Crippen molar-refractivity contribution >= 4 is 11.8 Å². The molecular weight excluding hydrogens is 452 g/mol. The van der Waals surface area contributed by atoms with Crippen molar-refractivity contribution in [2.75, 3.05) is 20.3 Å². The van der Waals surface area contributed by atoms with Crippen LogP contribution < -0.4 is 14.8 Å². The number of carbonyl (C=O) groups excluding carboxylic acids is 2. The first-order valence-corrected chi connectivity index (χ1v) is 12.3. The van der Waals surface area contributed by atoms with Crippen LogP contribution >= 0.6 is 0 Å². The molecule has 0 aliphatic carbocycles. The summed E-state index contributed by atoms with van der Waals surface area (Å²) in [5.74, 6) is 1.15. The number of ether oxygens (including phenoxy) is 2. The van der Waals surface area contributed by atoms with Crippen molar-refractivity contribution in [1.82, 2.24) is 10.2 Å². The van der Waals surface area contributed by atoms with Gasteiger partial charge in [0, 0.05) is 19.5 Å². The SMILES string of the molecule is COc1cccc(CN(C(=O)COc2ccc(C)cc2)[C@H](Cc2ccccc2)C(=O)NCC(C)C)c1. The standard InChI is InChI=1S/C30H36N2O4/c1-22(2)19-31-30(34)28(18-24-9-6-5-7-10-24)32(20-25-11-8-12-27(17-25)35-4)29(33)21-36-26-15-13-23(3)14-16-26/h5-17,22,28H,18-21H2,1-4H3,(H,31,34)/t28-/m1/s1. The van der Waals surface area contributed by atoms with Gasteiger partial charge in [0.15, 0.2) is 6.61 Å². The molecule has 6 nitrogen and oxygen atoms in total. The third kappa shape index (κ3) is 8.15. The topological polar surface area (TPSA) is 67.9 Å². The van der Waals surface area contributed by atoms with Crippen LogP contribution in [0.3, 0.4) is 0 Å². The van der Waals surface area contributed by atoms with Gasteiger partial charge in [-0.3, -0.25) is 9.59 Å². The summed E-state index contributed by atoms with van der Waals surface area (Å²) in [7, 11) is 1.61. The monoisotopic (exact) mass is 488 g/mol. The van der Waals surface area contributed by atoms with E-state index in [1.165, 1.54) is 0 Å². The average molecular weight is 489 g/mol. The van der Waals surface area contributed by atoms with Gasteiger partial charge in [-0.05, 0) is 48.2 Å². The van der Waals surface area contributed by atoms with E-state index in [2.05, 4.69) is 5.32 Å². The molecule has 2 amide bonds. The molecule has 0 aliphatic heterocycles. The molecule has 6 heteroatoms. The Bertz CT molecular complexity index is 1110. The van der Waals surface area contributed by atoms with Crippen LogP contribution in [0.1, 0.15) is 30.5 Å². The second-order valence-electron chi connectivity index (χ2n) is 9.32. The van der Waals surface area contributed by atoms with Crippen molar-refractivity contribution in [3.8, 4) is 11.5 Å². The average Bonchev–Trinajstić information content (AvgIpc) is 2.89. The summed E-state index contributed by atoms with van der Waals surface area (Å²) >= 11 is 0. The zero-order chi connectivity index (χ0) is 25.9. The molecule has 1 atom stereocenters. The lowest BCUT2D eigenvalue weighted by atomic mass is 10.0. The molecule has 1 N–H and O–H groups in total. The number of amides is 2. The highest BCUT2D eigenvalue weighted by Crippen LogP contribution is 2.19. The molecule has 0 unspecified atom stereocenters. The highest BCUT2D eigenvalue weighted by atomic mass is 16.5. The van der Waals surface area contributed by atoms with Gasteiger partial charge in [-0.2, -0.15) is 0 Å². The predicted octanol–water partition coefficient (Wildman–Crippen LogP) is 4.79. The molecule has 0 fully saturated rings. The number of carbonyl (C=O) groups is 2. The first-order valence-electron chi connectivity index (χ1n) is 12.3. The number of methoxy groups -OCH3 is 1. The second-order valence-corrected chi connectivity index (χ2v) is 9.32. The van der Waals surface area contributed by atoms with Crippen LogP contribution in [0.5, 0.6) is 11.5 Å². The minimum absolute atomic E-state index is 0.171. The molecule has 0 aromatic heterocycles. The minimum atomic E-state index is -0.702. The van der Waals surface area contributed by atoms with Crippen molar-refractivity contribution in [2.45, 2.75) is 39.8 Å². The van der Waals surface area contributed by atoms with Crippen molar-refractivity contribution in [3.63, 3.8) is 0 Å². The quantitative estimate of drug-likeness (QED) is 0.398. The molecule has 0 aliphatic rings. The Kier molecular flexibility index (Phi) is 9.92. The third-order valence-corrected chi connectivity index (χ3v) is 5.83. The lowest BCUT2D eigenvalue weighted by Gasteiger charge is -2.31.